The van der Waals surface area contributed by atoms with Gasteiger partial charge in [-0.25, -0.2) is 0 Å². The Bertz CT molecular complexity index is 450. The third kappa shape index (κ3) is 2.72. The molecule has 0 saturated carbocycles. The molecular formula is C13H20N4O. The molecule has 0 radical (unpaired) electrons. The van der Waals surface area contributed by atoms with Crippen molar-refractivity contribution in [3.05, 3.63) is 23.5 Å². The number of aromatic amines is 1. The first-order valence-corrected chi connectivity index (χ1v) is 6.48. The molecule has 1 amide bonds. The average molecular weight is 248 g/mol. The van der Waals surface area contributed by atoms with Crippen LogP contribution in [0.15, 0.2) is 12.2 Å². The summed E-state index contributed by atoms with van der Waals surface area (Å²) in [6.07, 6.45) is 8.39. The van der Waals surface area contributed by atoms with E-state index in [9.17, 15) is 4.79 Å². The van der Waals surface area contributed by atoms with Crippen LogP contribution in [0.25, 0.3) is 0 Å². The van der Waals surface area contributed by atoms with Crippen molar-refractivity contribution in [2.45, 2.75) is 32.6 Å². The van der Waals surface area contributed by atoms with Gasteiger partial charge < -0.3 is 11.1 Å². The lowest BCUT2D eigenvalue weighted by molar-refractivity contribution is 0.0942. The largest absolute Gasteiger partial charge is 0.395 e. The molecule has 1 aliphatic rings. The number of allylic oxidation sites excluding steroid dienone is 2. The summed E-state index contributed by atoms with van der Waals surface area (Å²) >= 11 is 0. The van der Waals surface area contributed by atoms with Crippen LogP contribution < -0.4 is 11.1 Å². The lowest BCUT2D eigenvalue weighted by Crippen LogP contribution is -2.30. The maximum Gasteiger partial charge on any atom is 0.273 e. The standard InChI is InChI=1S/C13H20N4O/c1-2-10-11(14)12(17-16-10)13(18)15-8-9-6-4-3-5-7-9/h3-4,9H,2,5-8,14H2,1H3,(H,15,18)(H,16,17). The maximum atomic E-state index is 11.9. The molecule has 4 N–H and O–H groups in total. The van der Waals surface area contributed by atoms with Crippen LogP contribution in [0.5, 0.6) is 0 Å². The van der Waals surface area contributed by atoms with Gasteiger partial charge in [-0.05, 0) is 31.6 Å². The van der Waals surface area contributed by atoms with E-state index in [0.29, 0.717) is 23.8 Å². The molecule has 1 aliphatic carbocycles. The van der Waals surface area contributed by atoms with E-state index < -0.39 is 0 Å². The van der Waals surface area contributed by atoms with Crippen molar-refractivity contribution in [1.82, 2.24) is 15.5 Å². The van der Waals surface area contributed by atoms with E-state index in [1.807, 2.05) is 6.92 Å². The van der Waals surface area contributed by atoms with E-state index in [1.54, 1.807) is 0 Å². The molecule has 0 saturated heterocycles. The van der Waals surface area contributed by atoms with E-state index in [1.165, 1.54) is 0 Å². The van der Waals surface area contributed by atoms with Crippen molar-refractivity contribution in [2.75, 3.05) is 12.3 Å². The molecule has 1 unspecified atom stereocenters. The fourth-order valence-corrected chi connectivity index (χ4v) is 2.19. The Morgan fingerprint density at radius 3 is 3.06 bits per heavy atom. The minimum atomic E-state index is -0.182. The molecule has 5 nitrogen and oxygen atoms in total. The second-order valence-electron chi connectivity index (χ2n) is 4.68. The highest BCUT2D eigenvalue weighted by Crippen LogP contribution is 2.18. The predicted molar refractivity (Wildman–Crippen MR) is 71.2 cm³/mol. The topological polar surface area (TPSA) is 83.8 Å². The molecule has 18 heavy (non-hydrogen) atoms. The molecular weight excluding hydrogens is 228 g/mol. The molecule has 1 aromatic heterocycles. The first-order chi connectivity index (χ1) is 8.72. The van der Waals surface area contributed by atoms with E-state index in [-0.39, 0.29) is 5.91 Å². The number of carbonyl (C=O) groups is 1. The van der Waals surface area contributed by atoms with Crippen LogP contribution in [0.2, 0.25) is 0 Å². The molecule has 2 rings (SSSR count). The number of hydrogen-bond acceptors (Lipinski definition) is 3. The fraction of sp³-hybridized carbons (Fsp3) is 0.538. The molecule has 1 aromatic rings. The Morgan fingerprint density at radius 2 is 2.44 bits per heavy atom. The molecule has 1 atom stereocenters. The number of H-pyrrole nitrogens is 1. The highest BCUT2D eigenvalue weighted by molar-refractivity contribution is 5.97. The molecule has 0 bridgehead atoms. The van der Waals surface area contributed by atoms with Crippen LogP contribution in [-0.4, -0.2) is 22.6 Å². The number of nitrogens with zero attached hydrogens (tertiary/aromatic N) is 1. The van der Waals surface area contributed by atoms with E-state index in [4.69, 9.17) is 5.73 Å². The molecule has 0 aromatic carbocycles. The van der Waals surface area contributed by atoms with Crippen LogP contribution in [-0.2, 0) is 6.42 Å². The zero-order chi connectivity index (χ0) is 13.0. The lowest BCUT2D eigenvalue weighted by Gasteiger charge is -2.17. The Labute approximate surface area is 107 Å². The molecule has 98 valence electrons. The summed E-state index contributed by atoms with van der Waals surface area (Å²) in [5.41, 5.74) is 7.47. The van der Waals surface area contributed by atoms with Crippen molar-refractivity contribution in [2.24, 2.45) is 5.92 Å². The Kier molecular flexibility index (Phi) is 4.02. The van der Waals surface area contributed by atoms with Crippen molar-refractivity contribution < 1.29 is 4.79 Å². The van der Waals surface area contributed by atoms with Crippen molar-refractivity contribution in [1.29, 1.82) is 0 Å². The third-order valence-electron chi connectivity index (χ3n) is 3.38. The van der Waals surface area contributed by atoms with E-state index in [0.717, 1.165) is 31.4 Å². The molecule has 1 heterocycles. The van der Waals surface area contributed by atoms with Crippen LogP contribution >= 0.6 is 0 Å². The highest BCUT2D eigenvalue weighted by Gasteiger charge is 2.17. The van der Waals surface area contributed by atoms with Gasteiger partial charge in [-0.3, -0.25) is 9.89 Å². The normalized spacial score (nSPS) is 18.8. The smallest absolute Gasteiger partial charge is 0.273 e. The number of amides is 1. The number of aryl methyl sites for hydroxylation is 1. The summed E-state index contributed by atoms with van der Waals surface area (Å²) in [6, 6.07) is 0. The van der Waals surface area contributed by atoms with Crippen molar-refractivity contribution >= 4 is 11.6 Å². The Hall–Kier alpha value is -1.78. The first-order valence-electron chi connectivity index (χ1n) is 6.48. The minimum absolute atomic E-state index is 0.182. The van der Waals surface area contributed by atoms with Gasteiger partial charge in [0, 0.05) is 6.54 Å². The molecule has 0 spiro atoms. The number of nitrogens with one attached hydrogen (secondary N) is 2. The van der Waals surface area contributed by atoms with Crippen molar-refractivity contribution in [3.8, 4) is 0 Å². The predicted octanol–water partition coefficient (Wildman–Crippen LogP) is 1.64. The zero-order valence-electron chi connectivity index (χ0n) is 10.7. The van der Waals surface area contributed by atoms with Crippen LogP contribution in [0.4, 0.5) is 5.69 Å². The van der Waals surface area contributed by atoms with E-state index >= 15 is 0 Å². The second kappa shape index (κ2) is 5.71. The van der Waals surface area contributed by atoms with Gasteiger partial charge in [0.2, 0.25) is 0 Å². The number of carbonyl (C=O) groups excluding carboxylic acids is 1. The van der Waals surface area contributed by atoms with Gasteiger partial charge in [0.15, 0.2) is 5.69 Å². The Morgan fingerprint density at radius 1 is 1.61 bits per heavy atom. The Balaban J connectivity index is 1.91. The highest BCUT2D eigenvalue weighted by atomic mass is 16.1. The number of aromatic nitrogens is 2. The molecule has 0 fully saturated rings. The van der Waals surface area contributed by atoms with Gasteiger partial charge in [-0.1, -0.05) is 19.1 Å². The monoisotopic (exact) mass is 248 g/mol. The van der Waals surface area contributed by atoms with Gasteiger partial charge in [-0.15, -0.1) is 0 Å². The number of rotatable bonds is 4. The van der Waals surface area contributed by atoms with Gasteiger partial charge in [0.25, 0.3) is 5.91 Å². The average Bonchev–Trinajstić information content (AvgIpc) is 2.78. The summed E-state index contributed by atoms with van der Waals surface area (Å²) in [4.78, 5) is 11.9. The zero-order valence-corrected chi connectivity index (χ0v) is 10.7. The summed E-state index contributed by atoms with van der Waals surface area (Å²) in [7, 11) is 0. The van der Waals surface area contributed by atoms with Gasteiger partial charge in [0.05, 0.1) is 11.4 Å². The minimum Gasteiger partial charge on any atom is -0.395 e. The van der Waals surface area contributed by atoms with Gasteiger partial charge in [-0.2, -0.15) is 5.10 Å². The summed E-state index contributed by atoms with van der Waals surface area (Å²) in [5.74, 6) is 0.350. The summed E-state index contributed by atoms with van der Waals surface area (Å²) < 4.78 is 0. The number of nitrogens with two attached hydrogens (primary N) is 1. The summed E-state index contributed by atoms with van der Waals surface area (Å²) in [5, 5.41) is 9.68. The maximum absolute atomic E-state index is 11.9. The summed E-state index contributed by atoms with van der Waals surface area (Å²) in [6.45, 7) is 2.66. The third-order valence-corrected chi connectivity index (χ3v) is 3.38. The fourth-order valence-electron chi connectivity index (χ4n) is 2.19. The van der Waals surface area contributed by atoms with Crippen LogP contribution in [0.3, 0.4) is 0 Å². The number of nitrogen functional groups attached to an aromatic ring is 1. The number of hydrogen-bond donors (Lipinski definition) is 3. The van der Waals surface area contributed by atoms with E-state index in [2.05, 4.69) is 27.7 Å². The quantitative estimate of drug-likeness (QED) is 0.708. The number of anilines is 1. The lowest BCUT2D eigenvalue weighted by atomic mass is 9.94. The van der Waals surface area contributed by atoms with Gasteiger partial charge in [0.1, 0.15) is 0 Å². The van der Waals surface area contributed by atoms with Gasteiger partial charge >= 0.3 is 0 Å². The molecule has 0 aliphatic heterocycles. The van der Waals surface area contributed by atoms with Crippen molar-refractivity contribution in [3.63, 3.8) is 0 Å². The first kappa shape index (κ1) is 12.7. The molecule has 5 heteroatoms. The van der Waals surface area contributed by atoms with Crippen LogP contribution in [0, 0.1) is 5.92 Å². The van der Waals surface area contributed by atoms with Crippen LogP contribution in [0.1, 0.15) is 42.4 Å². The second-order valence-corrected chi connectivity index (χ2v) is 4.68. The SMILES string of the molecule is CCc1[nH]nc(C(=O)NCC2CC=CCC2)c1N.